The summed E-state index contributed by atoms with van der Waals surface area (Å²) in [5, 5.41) is 4.43. The number of fused-ring (bicyclic) bond motifs is 1. The summed E-state index contributed by atoms with van der Waals surface area (Å²) in [6.07, 6.45) is 2.95. The molecule has 2 aromatic rings. The van der Waals surface area contributed by atoms with Gasteiger partial charge in [0.1, 0.15) is 6.54 Å². The number of benzene rings is 1. The van der Waals surface area contributed by atoms with Crippen LogP contribution in [-0.2, 0) is 29.5 Å². The molecular weight excluding hydrogens is 340 g/mol. The van der Waals surface area contributed by atoms with E-state index in [-0.39, 0.29) is 18.4 Å². The fourth-order valence-corrected chi connectivity index (χ4v) is 3.70. The minimum Gasteiger partial charge on any atom is -0.344 e. The molecule has 144 valence electrons. The van der Waals surface area contributed by atoms with Crippen molar-refractivity contribution in [2.75, 3.05) is 25.0 Å². The highest BCUT2D eigenvalue weighted by atomic mass is 16.2. The van der Waals surface area contributed by atoms with E-state index in [4.69, 9.17) is 0 Å². The smallest absolute Gasteiger partial charge is 0.242 e. The van der Waals surface area contributed by atoms with Crippen LogP contribution in [0.3, 0.4) is 0 Å². The van der Waals surface area contributed by atoms with Gasteiger partial charge in [-0.25, -0.2) is 0 Å². The molecular formula is C21H28N4O2. The highest BCUT2D eigenvalue weighted by Gasteiger charge is 2.25. The zero-order chi connectivity index (χ0) is 19.6. The van der Waals surface area contributed by atoms with Crippen LogP contribution in [0.25, 0.3) is 0 Å². The molecule has 0 bridgehead atoms. The third kappa shape index (κ3) is 4.04. The summed E-state index contributed by atoms with van der Waals surface area (Å²) < 4.78 is 1.87. The van der Waals surface area contributed by atoms with Crippen LogP contribution in [-0.4, -0.2) is 46.6 Å². The molecule has 0 spiro atoms. The van der Waals surface area contributed by atoms with E-state index in [0.717, 1.165) is 41.9 Å². The number of aromatic nitrogens is 2. The third-order valence-corrected chi connectivity index (χ3v) is 5.50. The number of anilines is 1. The van der Waals surface area contributed by atoms with Crippen LogP contribution >= 0.6 is 0 Å². The zero-order valence-electron chi connectivity index (χ0n) is 16.7. The Bertz CT molecular complexity index is 856. The molecule has 0 N–H and O–H groups in total. The Labute approximate surface area is 160 Å². The minimum atomic E-state index is -0.0424. The Morgan fingerprint density at radius 2 is 1.96 bits per heavy atom. The molecule has 6 heteroatoms. The summed E-state index contributed by atoms with van der Waals surface area (Å²) in [5.41, 5.74) is 5.34. The average Bonchev–Trinajstić information content (AvgIpc) is 2.79. The van der Waals surface area contributed by atoms with Gasteiger partial charge in [-0.2, -0.15) is 5.10 Å². The third-order valence-electron chi connectivity index (χ3n) is 5.50. The molecule has 0 radical (unpaired) electrons. The first-order chi connectivity index (χ1) is 12.9. The van der Waals surface area contributed by atoms with Crippen LogP contribution in [0.4, 0.5) is 5.69 Å². The van der Waals surface area contributed by atoms with Crippen LogP contribution in [0.2, 0.25) is 0 Å². The predicted molar refractivity (Wildman–Crippen MR) is 106 cm³/mol. The van der Waals surface area contributed by atoms with Gasteiger partial charge in [-0.05, 0) is 50.3 Å². The monoisotopic (exact) mass is 368 g/mol. The van der Waals surface area contributed by atoms with Crippen molar-refractivity contribution in [2.24, 2.45) is 7.05 Å². The second-order valence-electron chi connectivity index (χ2n) is 7.30. The number of nitrogens with zero attached hydrogens (tertiary/aromatic N) is 4. The van der Waals surface area contributed by atoms with E-state index < -0.39 is 0 Å². The van der Waals surface area contributed by atoms with Gasteiger partial charge in [0, 0.05) is 38.4 Å². The first-order valence-corrected chi connectivity index (χ1v) is 9.49. The molecule has 0 saturated heterocycles. The summed E-state index contributed by atoms with van der Waals surface area (Å²) in [6.45, 7) is 4.74. The van der Waals surface area contributed by atoms with Crippen LogP contribution in [0, 0.1) is 13.8 Å². The lowest BCUT2D eigenvalue weighted by molar-refractivity contribution is -0.130. The number of likely N-dealkylation sites (N-methyl/N-ethyl adjacent to an activating group) is 1. The second kappa shape index (κ2) is 7.94. The van der Waals surface area contributed by atoms with Gasteiger partial charge in [0.05, 0.1) is 5.69 Å². The Morgan fingerprint density at radius 1 is 1.22 bits per heavy atom. The van der Waals surface area contributed by atoms with Gasteiger partial charge in [0.25, 0.3) is 0 Å². The van der Waals surface area contributed by atoms with Crippen LogP contribution in [0.1, 0.15) is 35.4 Å². The number of carbonyl (C=O) groups is 2. The summed E-state index contributed by atoms with van der Waals surface area (Å²) in [6, 6.07) is 7.89. The zero-order valence-corrected chi connectivity index (χ0v) is 16.7. The van der Waals surface area contributed by atoms with Gasteiger partial charge < -0.3 is 9.80 Å². The van der Waals surface area contributed by atoms with Gasteiger partial charge in [0.15, 0.2) is 0 Å². The van der Waals surface area contributed by atoms with Crippen molar-refractivity contribution in [3.05, 3.63) is 46.8 Å². The Balaban J connectivity index is 1.68. The maximum atomic E-state index is 12.8. The highest BCUT2D eigenvalue weighted by Crippen LogP contribution is 2.26. The van der Waals surface area contributed by atoms with Gasteiger partial charge in [-0.1, -0.05) is 18.2 Å². The second-order valence-corrected chi connectivity index (χ2v) is 7.30. The molecule has 2 amide bonds. The van der Waals surface area contributed by atoms with Crippen molar-refractivity contribution >= 4 is 17.5 Å². The van der Waals surface area contributed by atoms with Crippen molar-refractivity contribution in [3.63, 3.8) is 0 Å². The Hall–Kier alpha value is -2.63. The van der Waals surface area contributed by atoms with E-state index in [9.17, 15) is 9.59 Å². The van der Waals surface area contributed by atoms with E-state index in [2.05, 4.69) is 5.10 Å². The Kier molecular flexibility index (Phi) is 5.63. The van der Waals surface area contributed by atoms with E-state index in [1.165, 1.54) is 5.56 Å². The Morgan fingerprint density at radius 3 is 2.67 bits per heavy atom. The normalized spacial score (nSPS) is 14.1. The summed E-state index contributed by atoms with van der Waals surface area (Å²) in [4.78, 5) is 28.7. The van der Waals surface area contributed by atoms with Crippen molar-refractivity contribution in [1.29, 1.82) is 0 Å². The number of amides is 2. The molecule has 3 rings (SSSR count). The number of hydrogen-bond acceptors (Lipinski definition) is 3. The maximum Gasteiger partial charge on any atom is 0.242 e. The lowest BCUT2D eigenvalue weighted by Gasteiger charge is -2.25. The SMILES string of the molecule is Cc1nn(C)c(C)c1CCN(C)C(=O)CN1C(=O)CCCc2ccccc21. The molecule has 27 heavy (non-hydrogen) atoms. The van der Waals surface area contributed by atoms with E-state index in [0.29, 0.717) is 13.0 Å². The largest absolute Gasteiger partial charge is 0.344 e. The molecule has 0 unspecified atom stereocenters. The standard InChI is InChI=1S/C21H28N4O2/c1-15-18(16(2)24(4)22-15)12-13-23(3)21(27)14-25-19-10-6-5-8-17(19)9-7-11-20(25)26/h5-6,8,10H,7,9,11-14H2,1-4H3. The lowest BCUT2D eigenvalue weighted by atomic mass is 10.1. The maximum absolute atomic E-state index is 12.8. The molecule has 0 aliphatic carbocycles. The quantitative estimate of drug-likeness (QED) is 0.814. The van der Waals surface area contributed by atoms with Crippen LogP contribution < -0.4 is 4.90 Å². The highest BCUT2D eigenvalue weighted by molar-refractivity contribution is 5.99. The summed E-state index contributed by atoms with van der Waals surface area (Å²) >= 11 is 0. The molecule has 2 heterocycles. The van der Waals surface area contributed by atoms with Gasteiger partial charge >= 0.3 is 0 Å². The van der Waals surface area contributed by atoms with Crippen molar-refractivity contribution in [1.82, 2.24) is 14.7 Å². The molecule has 6 nitrogen and oxygen atoms in total. The average molecular weight is 368 g/mol. The first kappa shape index (κ1) is 19.1. The lowest BCUT2D eigenvalue weighted by Crippen LogP contribution is -2.42. The molecule has 0 fully saturated rings. The van der Waals surface area contributed by atoms with Crippen LogP contribution in [0.15, 0.2) is 24.3 Å². The molecule has 1 aromatic heterocycles. The van der Waals surface area contributed by atoms with Gasteiger partial charge in [0.2, 0.25) is 11.8 Å². The van der Waals surface area contributed by atoms with E-state index in [1.807, 2.05) is 49.8 Å². The molecule has 1 aromatic carbocycles. The topological polar surface area (TPSA) is 58.4 Å². The fraction of sp³-hybridized carbons (Fsp3) is 0.476. The van der Waals surface area contributed by atoms with Crippen molar-refractivity contribution < 1.29 is 9.59 Å². The van der Waals surface area contributed by atoms with E-state index in [1.54, 1.807) is 16.8 Å². The first-order valence-electron chi connectivity index (χ1n) is 9.49. The van der Waals surface area contributed by atoms with Crippen molar-refractivity contribution in [2.45, 2.75) is 39.5 Å². The van der Waals surface area contributed by atoms with E-state index >= 15 is 0 Å². The molecule has 0 atom stereocenters. The number of hydrogen-bond donors (Lipinski definition) is 0. The fourth-order valence-electron chi connectivity index (χ4n) is 3.70. The number of aryl methyl sites for hydroxylation is 3. The van der Waals surface area contributed by atoms with Gasteiger partial charge in [-0.15, -0.1) is 0 Å². The minimum absolute atomic E-state index is 0.0284. The van der Waals surface area contributed by atoms with Gasteiger partial charge in [-0.3, -0.25) is 14.3 Å². The number of carbonyl (C=O) groups excluding carboxylic acids is 2. The molecule has 1 aliphatic heterocycles. The number of para-hydroxylation sites is 1. The summed E-state index contributed by atoms with van der Waals surface area (Å²) in [7, 11) is 3.74. The number of rotatable bonds is 5. The molecule has 1 aliphatic rings. The van der Waals surface area contributed by atoms with Crippen LogP contribution in [0.5, 0.6) is 0 Å². The predicted octanol–water partition coefficient (Wildman–Crippen LogP) is 2.41. The molecule has 0 saturated carbocycles. The van der Waals surface area contributed by atoms with Crippen molar-refractivity contribution in [3.8, 4) is 0 Å². The summed E-state index contributed by atoms with van der Waals surface area (Å²) in [5.74, 6) is -0.0140.